The van der Waals surface area contributed by atoms with Gasteiger partial charge in [0.1, 0.15) is 5.75 Å². The second-order valence-electron chi connectivity index (χ2n) is 3.61. The highest BCUT2D eigenvalue weighted by atomic mass is 16.6. The van der Waals surface area contributed by atoms with Gasteiger partial charge in [-0.25, -0.2) is 0 Å². The van der Waals surface area contributed by atoms with Crippen molar-refractivity contribution in [3.05, 3.63) is 33.9 Å². The topological polar surface area (TPSA) is 81.8 Å². The number of rotatable bonds is 8. The summed E-state index contributed by atoms with van der Waals surface area (Å²) in [4.78, 5) is 10.1. The minimum absolute atomic E-state index is 0.0549. The van der Waals surface area contributed by atoms with Crippen molar-refractivity contribution in [2.24, 2.45) is 0 Å². The molecule has 1 aromatic carbocycles. The molecule has 100 valence electrons. The summed E-state index contributed by atoms with van der Waals surface area (Å²) in [6, 6.07) is 4.18. The zero-order valence-corrected chi connectivity index (χ0v) is 10.3. The van der Waals surface area contributed by atoms with Crippen LogP contribution in [0.5, 0.6) is 5.75 Å². The van der Waals surface area contributed by atoms with E-state index in [1.807, 2.05) is 6.92 Å². The van der Waals surface area contributed by atoms with Crippen molar-refractivity contribution in [2.45, 2.75) is 20.0 Å². The van der Waals surface area contributed by atoms with Crippen LogP contribution in [0, 0.1) is 10.1 Å². The van der Waals surface area contributed by atoms with Crippen LogP contribution in [0.1, 0.15) is 18.9 Å². The highest BCUT2D eigenvalue weighted by Crippen LogP contribution is 2.24. The SMILES string of the molecule is CCOCCCOc1ccc([N+](=O)[O-])cc1CO. The van der Waals surface area contributed by atoms with Gasteiger partial charge < -0.3 is 14.6 Å². The molecular weight excluding hydrogens is 238 g/mol. The van der Waals surface area contributed by atoms with E-state index in [-0.39, 0.29) is 12.3 Å². The van der Waals surface area contributed by atoms with Crippen LogP contribution in [0.25, 0.3) is 0 Å². The van der Waals surface area contributed by atoms with Gasteiger partial charge in [-0.05, 0) is 13.0 Å². The average Bonchev–Trinajstić information content (AvgIpc) is 2.38. The summed E-state index contributed by atoms with van der Waals surface area (Å²) in [6.45, 7) is 3.35. The van der Waals surface area contributed by atoms with Gasteiger partial charge in [-0.2, -0.15) is 0 Å². The smallest absolute Gasteiger partial charge is 0.270 e. The largest absolute Gasteiger partial charge is 0.493 e. The zero-order valence-electron chi connectivity index (χ0n) is 10.3. The standard InChI is InChI=1S/C12H17NO5/c1-2-17-6-3-7-18-12-5-4-11(13(15)16)8-10(12)9-14/h4-5,8,14H,2-3,6-7,9H2,1H3. The van der Waals surface area contributed by atoms with Gasteiger partial charge in [0.25, 0.3) is 5.69 Å². The summed E-state index contributed by atoms with van der Waals surface area (Å²) in [5.41, 5.74) is 0.362. The van der Waals surface area contributed by atoms with Gasteiger partial charge >= 0.3 is 0 Å². The summed E-state index contributed by atoms with van der Waals surface area (Å²) in [6.07, 6.45) is 0.732. The molecule has 6 nitrogen and oxygen atoms in total. The third-order valence-corrected chi connectivity index (χ3v) is 2.32. The van der Waals surface area contributed by atoms with Crippen molar-refractivity contribution in [3.63, 3.8) is 0 Å². The minimum Gasteiger partial charge on any atom is -0.493 e. The molecule has 0 bridgehead atoms. The van der Waals surface area contributed by atoms with Crippen molar-refractivity contribution in [2.75, 3.05) is 19.8 Å². The van der Waals surface area contributed by atoms with Gasteiger partial charge in [0, 0.05) is 37.3 Å². The molecule has 0 heterocycles. The number of nitro benzene ring substituents is 1. The Morgan fingerprint density at radius 1 is 1.39 bits per heavy atom. The first-order chi connectivity index (χ1) is 8.69. The van der Waals surface area contributed by atoms with Gasteiger partial charge in [-0.15, -0.1) is 0 Å². The predicted octanol–water partition coefficient (Wildman–Crippen LogP) is 1.89. The normalized spacial score (nSPS) is 10.3. The second kappa shape index (κ2) is 7.62. The Balaban J connectivity index is 2.57. The van der Waals surface area contributed by atoms with E-state index >= 15 is 0 Å². The Labute approximate surface area is 105 Å². The van der Waals surface area contributed by atoms with Gasteiger partial charge in [-0.3, -0.25) is 10.1 Å². The molecule has 6 heteroatoms. The number of aliphatic hydroxyl groups excluding tert-OH is 1. The van der Waals surface area contributed by atoms with Gasteiger partial charge in [-0.1, -0.05) is 0 Å². The summed E-state index contributed by atoms with van der Waals surface area (Å²) in [5, 5.41) is 19.7. The van der Waals surface area contributed by atoms with E-state index in [0.29, 0.717) is 31.1 Å². The molecule has 0 aliphatic rings. The van der Waals surface area contributed by atoms with E-state index in [2.05, 4.69) is 0 Å². The number of ether oxygens (including phenoxy) is 2. The first-order valence-corrected chi connectivity index (χ1v) is 5.77. The van der Waals surface area contributed by atoms with Crippen molar-refractivity contribution in [3.8, 4) is 5.75 Å². The number of aliphatic hydroxyl groups is 1. The zero-order chi connectivity index (χ0) is 13.4. The molecule has 1 aromatic rings. The first-order valence-electron chi connectivity index (χ1n) is 5.77. The van der Waals surface area contributed by atoms with Gasteiger partial charge in [0.15, 0.2) is 0 Å². The van der Waals surface area contributed by atoms with Gasteiger partial charge in [0.2, 0.25) is 0 Å². The molecule has 0 saturated heterocycles. The lowest BCUT2D eigenvalue weighted by Crippen LogP contribution is -2.04. The van der Waals surface area contributed by atoms with Crippen LogP contribution in [0.3, 0.4) is 0 Å². The summed E-state index contributed by atoms with van der Waals surface area (Å²) in [5.74, 6) is 0.472. The average molecular weight is 255 g/mol. The molecule has 0 amide bonds. The van der Waals surface area contributed by atoms with E-state index in [4.69, 9.17) is 14.6 Å². The molecule has 18 heavy (non-hydrogen) atoms. The lowest BCUT2D eigenvalue weighted by atomic mass is 10.2. The number of non-ortho nitro benzene ring substituents is 1. The molecular formula is C12H17NO5. The lowest BCUT2D eigenvalue weighted by Gasteiger charge is -2.09. The molecule has 1 rings (SSSR count). The highest BCUT2D eigenvalue weighted by molar-refractivity contribution is 5.43. The fourth-order valence-electron chi connectivity index (χ4n) is 1.43. The number of hydrogen-bond donors (Lipinski definition) is 1. The molecule has 0 unspecified atom stereocenters. The molecule has 0 radical (unpaired) electrons. The van der Waals surface area contributed by atoms with E-state index in [0.717, 1.165) is 6.42 Å². The molecule has 0 fully saturated rings. The Hall–Kier alpha value is -1.66. The molecule has 0 spiro atoms. The van der Waals surface area contributed by atoms with Crippen LogP contribution < -0.4 is 4.74 Å². The maximum Gasteiger partial charge on any atom is 0.270 e. The van der Waals surface area contributed by atoms with E-state index in [1.54, 1.807) is 0 Å². The maximum absolute atomic E-state index is 10.6. The van der Waals surface area contributed by atoms with Crippen molar-refractivity contribution in [1.82, 2.24) is 0 Å². The number of nitrogens with zero attached hydrogens (tertiary/aromatic N) is 1. The van der Waals surface area contributed by atoms with E-state index < -0.39 is 4.92 Å². The van der Waals surface area contributed by atoms with Gasteiger partial charge in [0.05, 0.1) is 18.1 Å². The molecule has 0 aliphatic heterocycles. The Morgan fingerprint density at radius 2 is 2.17 bits per heavy atom. The van der Waals surface area contributed by atoms with Crippen molar-refractivity contribution in [1.29, 1.82) is 0 Å². The third kappa shape index (κ3) is 4.31. The fourth-order valence-corrected chi connectivity index (χ4v) is 1.43. The number of hydrogen-bond acceptors (Lipinski definition) is 5. The van der Waals surface area contributed by atoms with Crippen LogP contribution in [0.4, 0.5) is 5.69 Å². The monoisotopic (exact) mass is 255 g/mol. The summed E-state index contributed by atoms with van der Waals surface area (Å²) in [7, 11) is 0. The van der Waals surface area contributed by atoms with Crippen molar-refractivity contribution < 1.29 is 19.5 Å². The third-order valence-electron chi connectivity index (χ3n) is 2.32. The van der Waals surface area contributed by atoms with Crippen LogP contribution in [-0.4, -0.2) is 29.9 Å². The molecule has 0 atom stereocenters. The van der Waals surface area contributed by atoms with Crippen LogP contribution in [0.2, 0.25) is 0 Å². The van der Waals surface area contributed by atoms with E-state index in [1.165, 1.54) is 18.2 Å². The molecule has 1 N–H and O–H groups in total. The minimum atomic E-state index is -0.502. The number of benzene rings is 1. The Kier molecular flexibility index (Phi) is 6.10. The van der Waals surface area contributed by atoms with Crippen LogP contribution in [0.15, 0.2) is 18.2 Å². The van der Waals surface area contributed by atoms with Crippen LogP contribution >= 0.6 is 0 Å². The second-order valence-corrected chi connectivity index (χ2v) is 3.61. The lowest BCUT2D eigenvalue weighted by molar-refractivity contribution is -0.385. The summed E-state index contributed by atoms with van der Waals surface area (Å²) < 4.78 is 10.6. The first kappa shape index (κ1) is 14.4. The molecule has 0 aromatic heterocycles. The fraction of sp³-hybridized carbons (Fsp3) is 0.500. The Morgan fingerprint density at radius 3 is 2.78 bits per heavy atom. The van der Waals surface area contributed by atoms with E-state index in [9.17, 15) is 10.1 Å². The highest BCUT2D eigenvalue weighted by Gasteiger charge is 2.10. The summed E-state index contributed by atoms with van der Waals surface area (Å²) >= 11 is 0. The predicted molar refractivity (Wildman–Crippen MR) is 65.6 cm³/mol. The molecule has 0 saturated carbocycles. The Bertz CT molecular complexity index is 394. The maximum atomic E-state index is 10.6. The number of nitro groups is 1. The van der Waals surface area contributed by atoms with Crippen LogP contribution in [-0.2, 0) is 11.3 Å². The quantitative estimate of drug-likeness (QED) is 0.436. The van der Waals surface area contributed by atoms with Crippen molar-refractivity contribution >= 4 is 5.69 Å². The molecule has 0 aliphatic carbocycles.